The van der Waals surface area contributed by atoms with Crippen molar-refractivity contribution in [3.05, 3.63) is 35.9 Å². The Kier molecular flexibility index (Phi) is 6.24. The Morgan fingerprint density at radius 2 is 1.88 bits per heavy atom. The summed E-state index contributed by atoms with van der Waals surface area (Å²) in [6.07, 6.45) is 0. The van der Waals surface area contributed by atoms with Crippen LogP contribution < -0.4 is 5.32 Å². The van der Waals surface area contributed by atoms with Crippen molar-refractivity contribution in [2.24, 2.45) is 0 Å². The van der Waals surface area contributed by atoms with Crippen molar-refractivity contribution in [2.45, 2.75) is 24.9 Å². The third-order valence-electron chi connectivity index (χ3n) is 5.26. The van der Waals surface area contributed by atoms with Crippen molar-refractivity contribution in [3.8, 4) is 0 Å². The topological polar surface area (TPSA) is 82.1 Å². The zero-order valence-corrected chi connectivity index (χ0v) is 15.1. The van der Waals surface area contributed by atoms with Gasteiger partial charge in [-0.15, -0.1) is 0 Å². The van der Waals surface area contributed by atoms with Crippen LogP contribution in [-0.2, 0) is 14.3 Å². The Balaban J connectivity index is 1.62. The minimum absolute atomic E-state index is 0.0220. The molecule has 0 aromatic heterocycles. The molecule has 7 nitrogen and oxygen atoms in total. The molecular formula is C19H27N3O4. The van der Waals surface area contributed by atoms with Crippen molar-refractivity contribution in [2.75, 3.05) is 46.0 Å². The van der Waals surface area contributed by atoms with Crippen LogP contribution in [0.3, 0.4) is 0 Å². The molecule has 2 N–H and O–H groups in total. The standard InChI is InChI=1S/C19H27N3O4/c1-14(24)22-16(11-20-18(25)12-21-7-9-26-10-8-21)19(17(22)13-23)15-5-3-2-4-6-15/h2-6,16-17,19,23H,7-13H2,1H3,(H,20,25)/t16-,17+,19+/m0/s1. The summed E-state index contributed by atoms with van der Waals surface area (Å²) >= 11 is 0. The van der Waals surface area contributed by atoms with E-state index in [1.807, 2.05) is 30.3 Å². The molecule has 3 rings (SSSR count). The summed E-state index contributed by atoms with van der Waals surface area (Å²) in [6.45, 7) is 4.98. The van der Waals surface area contributed by atoms with Crippen molar-refractivity contribution in [1.82, 2.24) is 15.1 Å². The first-order valence-electron chi connectivity index (χ1n) is 9.13. The van der Waals surface area contributed by atoms with Gasteiger partial charge in [0.1, 0.15) is 0 Å². The van der Waals surface area contributed by atoms with Crippen molar-refractivity contribution >= 4 is 11.8 Å². The van der Waals surface area contributed by atoms with Crippen LogP contribution >= 0.6 is 0 Å². The molecule has 7 heteroatoms. The predicted octanol–water partition coefficient (Wildman–Crippen LogP) is -0.190. The Morgan fingerprint density at radius 3 is 2.50 bits per heavy atom. The van der Waals surface area contributed by atoms with E-state index >= 15 is 0 Å². The molecule has 2 fully saturated rings. The number of carbonyl (C=O) groups is 2. The number of hydrogen-bond acceptors (Lipinski definition) is 5. The average Bonchev–Trinajstić information content (AvgIpc) is 2.62. The number of hydrogen-bond donors (Lipinski definition) is 2. The van der Waals surface area contributed by atoms with Crippen LogP contribution in [0.1, 0.15) is 18.4 Å². The normalized spacial score (nSPS) is 26.2. The molecule has 1 aromatic rings. The summed E-state index contributed by atoms with van der Waals surface area (Å²) in [7, 11) is 0. The molecule has 3 atom stereocenters. The van der Waals surface area contributed by atoms with Gasteiger partial charge in [-0.2, -0.15) is 0 Å². The van der Waals surface area contributed by atoms with Gasteiger partial charge in [0.2, 0.25) is 11.8 Å². The third-order valence-corrected chi connectivity index (χ3v) is 5.26. The summed E-state index contributed by atoms with van der Waals surface area (Å²) < 4.78 is 5.29. The van der Waals surface area contributed by atoms with Crippen LogP contribution in [0.4, 0.5) is 0 Å². The number of nitrogens with one attached hydrogen (secondary N) is 1. The highest BCUT2D eigenvalue weighted by Gasteiger charge is 2.49. The van der Waals surface area contributed by atoms with Crippen molar-refractivity contribution in [1.29, 1.82) is 0 Å². The van der Waals surface area contributed by atoms with E-state index in [9.17, 15) is 14.7 Å². The van der Waals surface area contributed by atoms with Gasteiger partial charge in [-0.25, -0.2) is 0 Å². The van der Waals surface area contributed by atoms with Crippen molar-refractivity contribution in [3.63, 3.8) is 0 Å². The molecule has 2 saturated heterocycles. The van der Waals surface area contributed by atoms with Crippen molar-refractivity contribution < 1.29 is 19.4 Å². The molecule has 0 bridgehead atoms. The highest BCUT2D eigenvalue weighted by Crippen LogP contribution is 2.40. The fourth-order valence-corrected chi connectivity index (χ4v) is 4.00. The maximum Gasteiger partial charge on any atom is 0.234 e. The van der Waals surface area contributed by atoms with E-state index in [1.54, 1.807) is 4.90 Å². The number of nitrogens with zero attached hydrogens (tertiary/aromatic N) is 2. The largest absolute Gasteiger partial charge is 0.394 e. The molecule has 1 aromatic carbocycles. The number of carbonyl (C=O) groups excluding carboxylic acids is 2. The molecule has 2 heterocycles. The number of morpholine rings is 1. The van der Waals surface area contributed by atoms with Gasteiger partial charge in [-0.1, -0.05) is 30.3 Å². The van der Waals surface area contributed by atoms with Gasteiger partial charge in [0.05, 0.1) is 38.4 Å². The number of amides is 2. The van der Waals surface area contributed by atoms with Crippen LogP contribution in [0.5, 0.6) is 0 Å². The Hall–Kier alpha value is -1.96. The molecule has 142 valence electrons. The Morgan fingerprint density at radius 1 is 1.19 bits per heavy atom. The second-order valence-corrected chi connectivity index (χ2v) is 6.87. The average molecular weight is 361 g/mol. The molecule has 0 spiro atoms. The van der Waals surface area contributed by atoms with Gasteiger partial charge >= 0.3 is 0 Å². The van der Waals surface area contributed by atoms with Gasteiger partial charge in [0, 0.05) is 32.5 Å². The first kappa shape index (κ1) is 18.8. The SMILES string of the molecule is CC(=O)N1[C@H](CO)[C@H](c2ccccc2)[C@@H]1CNC(=O)CN1CCOCC1. The summed E-state index contributed by atoms with van der Waals surface area (Å²) in [5.74, 6) is -0.105. The second kappa shape index (κ2) is 8.62. The summed E-state index contributed by atoms with van der Waals surface area (Å²) in [4.78, 5) is 28.1. The quantitative estimate of drug-likeness (QED) is 0.734. The fourth-order valence-electron chi connectivity index (χ4n) is 4.00. The lowest BCUT2D eigenvalue weighted by atomic mass is 9.75. The monoisotopic (exact) mass is 361 g/mol. The van der Waals surface area contributed by atoms with E-state index in [2.05, 4.69) is 10.2 Å². The third kappa shape index (κ3) is 4.06. The van der Waals surface area contributed by atoms with Gasteiger partial charge < -0.3 is 20.1 Å². The maximum atomic E-state index is 12.3. The van der Waals surface area contributed by atoms with Gasteiger partial charge in [0.25, 0.3) is 0 Å². The lowest BCUT2D eigenvalue weighted by molar-refractivity contribution is -0.148. The number of aliphatic hydroxyl groups is 1. The highest BCUT2D eigenvalue weighted by molar-refractivity contribution is 5.79. The maximum absolute atomic E-state index is 12.3. The van der Waals surface area contributed by atoms with E-state index in [1.165, 1.54) is 6.92 Å². The Bertz CT molecular complexity index is 618. The van der Waals surface area contributed by atoms with E-state index in [0.29, 0.717) is 26.3 Å². The molecule has 2 amide bonds. The molecule has 26 heavy (non-hydrogen) atoms. The van der Waals surface area contributed by atoms with Crippen LogP contribution in [-0.4, -0.2) is 84.8 Å². The number of aliphatic hydroxyl groups excluding tert-OH is 1. The highest BCUT2D eigenvalue weighted by atomic mass is 16.5. The van der Waals surface area contributed by atoms with E-state index < -0.39 is 0 Å². The van der Waals surface area contributed by atoms with Gasteiger partial charge in [0.15, 0.2) is 0 Å². The van der Waals surface area contributed by atoms with Crippen LogP contribution in [0.25, 0.3) is 0 Å². The lowest BCUT2D eigenvalue weighted by Crippen LogP contribution is -2.68. The van der Waals surface area contributed by atoms with Crippen LogP contribution in [0.2, 0.25) is 0 Å². The second-order valence-electron chi connectivity index (χ2n) is 6.87. The lowest BCUT2D eigenvalue weighted by Gasteiger charge is -2.54. The number of ether oxygens (including phenoxy) is 1. The molecule has 0 radical (unpaired) electrons. The minimum atomic E-state index is -0.240. The van der Waals surface area contributed by atoms with E-state index in [-0.39, 0.29) is 36.4 Å². The molecule has 0 unspecified atom stereocenters. The zero-order valence-electron chi connectivity index (χ0n) is 15.1. The molecule has 2 aliphatic heterocycles. The number of benzene rings is 1. The van der Waals surface area contributed by atoms with Gasteiger partial charge in [-0.3, -0.25) is 14.5 Å². The summed E-state index contributed by atoms with van der Waals surface area (Å²) in [6, 6.07) is 9.48. The summed E-state index contributed by atoms with van der Waals surface area (Å²) in [5, 5.41) is 12.7. The molecule has 0 aliphatic carbocycles. The smallest absolute Gasteiger partial charge is 0.234 e. The first-order valence-corrected chi connectivity index (χ1v) is 9.13. The first-order chi connectivity index (χ1) is 12.6. The fraction of sp³-hybridized carbons (Fsp3) is 0.579. The summed E-state index contributed by atoms with van der Waals surface area (Å²) in [5.41, 5.74) is 1.08. The van der Waals surface area contributed by atoms with E-state index in [0.717, 1.165) is 18.7 Å². The number of likely N-dealkylation sites (tertiary alicyclic amines) is 1. The molecule has 2 aliphatic rings. The number of rotatable bonds is 6. The zero-order chi connectivity index (χ0) is 18.5. The van der Waals surface area contributed by atoms with Crippen LogP contribution in [0.15, 0.2) is 30.3 Å². The van der Waals surface area contributed by atoms with Crippen LogP contribution in [0, 0.1) is 0 Å². The minimum Gasteiger partial charge on any atom is -0.394 e. The molecular weight excluding hydrogens is 334 g/mol. The molecule has 0 saturated carbocycles. The predicted molar refractivity (Wildman–Crippen MR) is 96.6 cm³/mol. The Labute approximate surface area is 153 Å². The van der Waals surface area contributed by atoms with E-state index in [4.69, 9.17) is 4.74 Å². The van der Waals surface area contributed by atoms with Gasteiger partial charge in [-0.05, 0) is 5.56 Å².